The van der Waals surface area contributed by atoms with Gasteiger partial charge in [0.15, 0.2) is 5.75 Å². The van der Waals surface area contributed by atoms with Crippen molar-refractivity contribution >= 4 is 46.3 Å². The second-order valence-electron chi connectivity index (χ2n) is 7.76. The number of hydrogen-bond donors (Lipinski definition) is 2. The van der Waals surface area contributed by atoms with Gasteiger partial charge in [-0.2, -0.15) is 13.2 Å². The highest BCUT2D eigenvalue weighted by Crippen LogP contribution is 2.43. The Labute approximate surface area is 212 Å². The number of carbonyl (C=O) groups excluding carboxylic acids is 2. The molecule has 0 saturated carbocycles. The van der Waals surface area contributed by atoms with E-state index in [9.17, 15) is 22.8 Å². The van der Waals surface area contributed by atoms with Gasteiger partial charge in [-0.1, -0.05) is 11.6 Å². The number of nitrogens with zero attached hydrogens (tertiary/aromatic N) is 3. The third-order valence-electron chi connectivity index (χ3n) is 5.32. The minimum absolute atomic E-state index is 0.0766. The van der Waals surface area contributed by atoms with Crippen LogP contribution in [0.1, 0.15) is 15.9 Å². The molecule has 0 aliphatic carbocycles. The van der Waals surface area contributed by atoms with Crippen molar-refractivity contribution in [3.8, 4) is 11.6 Å². The Balaban J connectivity index is 1.45. The van der Waals surface area contributed by atoms with Crippen LogP contribution in [0.4, 0.5) is 40.7 Å². The molecular formula is C25H15ClF3N5O3. The van der Waals surface area contributed by atoms with E-state index in [0.717, 1.165) is 12.1 Å². The van der Waals surface area contributed by atoms with Crippen LogP contribution in [0.3, 0.4) is 0 Å². The van der Waals surface area contributed by atoms with Crippen molar-refractivity contribution in [2.45, 2.75) is 6.18 Å². The van der Waals surface area contributed by atoms with Crippen LogP contribution in [0, 0.1) is 0 Å². The van der Waals surface area contributed by atoms with E-state index in [1.165, 1.54) is 29.3 Å². The van der Waals surface area contributed by atoms with E-state index < -0.39 is 22.8 Å². The lowest BCUT2D eigenvalue weighted by Gasteiger charge is -2.22. The molecule has 0 atom stereocenters. The van der Waals surface area contributed by atoms with Crippen LogP contribution < -0.4 is 20.3 Å². The summed E-state index contributed by atoms with van der Waals surface area (Å²) < 4.78 is 45.3. The Bertz CT molecular complexity index is 1520. The number of anilines is 4. The summed E-state index contributed by atoms with van der Waals surface area (Å²) in [6.07, 6.45) is -0.119. The number of benzene rings is 2. The molecule has 1 aliphatic rings. The van der Waals surface area contributed by atoms with Crippen LogP contribution in [-0.4, -0.2) is 21.9 Å². The number of pyridine rings is 2. The SMILES string of the molecule is O=C(Nc1ccc2c(c1)Oc1ncccc1C(=O)N2c1ccncc1)Nc1ccc(Cl)c(C(F)(F)F)c1. The zero-order chi connectivity index (χ0) is 26.2. The standard InChI is InChI=1S/C25H15ClF3N5O3/c26-19-5-3-14(12-18(19)25(27,28)29)32-24(36)33-15-4-6-20-21(13-15)37-22-17(2-1-9-31-22)23(35)34(20)16-7-10-30-11-8-16/h1-13H,(H2,32,33,36). The molecule has 0 bridgehead atoms. The number of amides is 3. The van der Waals surface area contributed by atoms with Gasteiger partial charge in [-0.05, 0) is 54.6 Å². The molecule has 5 rings (SSSR count). The highest BCUT2D eigenvalue weighted by molar-refractivity contribution is 6.31. The van der Waals surface area contributed by atoms with E-state index >= 15 is 0 Å². The Morgan fingerprint density at radius 1 is 0.946 bits per heavy atom. The molecule has 0 unspecified atom stereocenters. The molecule has 2 N–H and O–H groups in total. The molecule has 0 radical (unpaired) electrons. The lowest BCUT2D eigenvalue weighted by Crippen LogP contribution is -2.25. The van der Waals surface area contributed by atoms with Crippen molar-refractivity contribution in [2.24, 2.45) is 0 Å². The van der Waals surface area contributed by atoms with Crippen molar-refractivity contribution in [1.82, 2.24) is 9.97 Å². The highest BCUT2D eigenvalue weighted by atomic mass is 35.5. The summed E-state index contributed by atoms with van der Waals surface area (Å²) in [6, 6.07) is 13.3. The monoisotopic (exact) mass is 525 g/mol. The third-order valence-corrected chi connectivity index (χ3v) is 5.65. The topological polar surface area (TPSA) is 96.4 Å². The van der Waals surface area contributed by atoms with E-state index in [1.807, 2.05) is 0 Å². The molecule has 2 aromatic carbocycles. The number of alkyl halides is 3. The van der Waals surface area contributed by atoms with Gasteiger partial charge in [-0.15, -0.1) is 0 Å². The first-order valence-electron chi connectivity index (χ1n) is 10.7. The maximum absolute atomic E-state index is 13.4. The third kappa shape index (κ3) is 4.89. The predicted molar refractivity (Wildman–Crippen MR) is 131 cm³/mol. The summed E-state index contributed by atoms with van der Waals surface area (Å²) in [5.74, 6) is -0.0891. The van der Waals surface area contributed by atoms with E-state index in [0.29, 0.717) is 11.4 Å². The normalized spacial score (nSPS) is 12.6. The molecule has 3 heterocycles. The molecule has 12 heteroatoms. The number of aromatic nitrogens is 2. The number of ether oxygens (including phenoxy) is 1. The van der Waals surface area contributed by atoms with Gasteiger partial charge >= 0.3 is 12.2 Å². The van der Waals surface area contributed by atoms with Crippen LogP contribution in [0.25, 0.3) is 0 Å². The van der Waals surface area contributed by atoms with Crippen molar-refractivity contribution < 1.29 is 27.5 Å². The Kier molecular flexibility index (Phi) is 6.14. The van der Waals surface area contributed by atoms with E-state index in [4.69, 9.17) is 16.3 Å². The second kappa shape index (κ2) is 9.43. The van der Waals surface area contributed by atoms with Crippen molar-refractivity contribution in [1.29, 1.82) is 0 Å². The summed E-state index contributed by atoms with van der Waals surface area (Å²) in [4.78, 5) is 35.5. The van der Waals surface area contributed by atoms with Crippen LogP contribution in [0.2, 0.25) is 5.02 Å². The van der Waals surface area contributed by atoms with Crippen LogP contribution in [0.15, 0.2) is 79.3 Å². The van der Waals surface area contributed by atoms with Gasteiger partial charge in [0.1, 0.15) is 5.56 Å². The largest absolute Gasteiger partial charge is 0.436 e. The molecule has 8 nitrogen and oxygen atoms in total. The maximum atomic E-state index is 13.4. The first-order valence-corrected chi connectivity index (χ1v) is 11.0. The number of rotatable bonds is 3. The number of fused-ring (bicyclic) bond motifs is 2. The summed E-state index contributed by atoms with van der Waals surface area (Å²) in [5, 5.41) is 4.41. The zero-order valence-corrected chi connectivity index (χ0v) is 19.3. The van der Waals surface area contributed by atoms with E-state index in [1.54, 1.807) is 42.7 Å². The first-order chi connectivity index (χ1) is 17.7. The zero-order valence-electron chi connectivity index (χ0n) is 18.6. The minimum atomic E-state index is -4.68. The molecule has 4 aromatic rings. The summed E-state index contributed by atoms with van der Waals surface area (Å²) in [5.41, 5.74) is 0.217. The molecule has 0 fully saturated rings. The second-order valence-corrected chi connectivity index (χ2v) is 8.17. The van der Waals surface area contributed by atoms with E-state index in [-0.39, 0.29) is 34.5 Å². The van der Waals surface area contributed by atoms with Gasteiger partial charge < -0.3 is 15.4 Å². The molecule has 37 heavy (non-hydrogen) atoms. The Hall–Kier alpha value is -4.64. The van der Waals surface area contributed by atoms with Gasteiger partial charge in [0, 0.05) is 36.0 Å². The molecule has 3 amide bonds. The number of hydrogen-bond acceptors (Lipinski definition) is 5. The molecule has 1 aliphatic heterocycles. The minimum Gasteiger partial charge on any atom is -0.436 e. The lowest BCUT2D eigenvalue weighted by molar-refractivity contribution is -0.137. The fourth-order valence-corrected chi connectivity index (χ4v) is 3.92. The summed E-state index contributed by atoms with van der Waals surface area (Å²) in [7, 11) is 0. The quantitative estimate of drug-likeness (QED) is 0.304. The summed E-state index contributed by atoms with van der Waals surface area (Å²) in [6.45, 7) is 0. The number of carbonyl (C=O) groups is 2. The van der Waals surface area contributed by atoms with Gasteiger partial charge in [-0.25, -0.2) is 9.78 Å². The molecule has 0 spiro atoms. The van der Waals surface area contributed by atoms with Crippen molar-refractivity contribution in [3.05, 3.63) is 95.4 Å². The fraction of sp³-hybridized carbons (Fsp3) is 0.0400. The molecule has 186 valence electrons. The smallest absolute Gasteiger partial charge is 0.417 e. The Morgan fingerprint density at radius 3 is 2.38 bits per heavy atom. The van der Waals surface area contributed by atoms with Gasteiger partial charge in [-0.3, -0.25) is 14.7 Å². The fourth-order valence-electron chi connectivity index (χ4n) is 3.69. The van der Waals surface area contributed by atoms with Crippen LogP contribution >= 0.6 is 11.6 Å². The maximum Gasteiger partial charge on any atom is 0.417 e. The average molecular weight is 526 g/mol. The van der Waals surface area contributed by atoms with E-state index in [2.05, 4.69) is 20.6 Å². The highest BCUT2D eigenvalue weighted by Gasteiger charge is 2.34. The number of urea groups is 1. The molecular weight excluding hydrogens is 511 g/mol. The molecule has 2 aromatic heterocycles. The van der Waals surface area contributed by atoms with Crippen LogP contribution in [0.5, 0.6) is 11.6 Å². The van der Waals surface area contributed by atoms with Crippen LogP contribution in [-0.2, 0) is 6.18 Å². The van der Waals surface area contributed by atoms with Gasteiger partial charge in [0.25, 0.3) is 5.91 Å². The molecule has 0 saturated heterocycles. The van der Waals surface area contributed by atoms with Gasteiger partial charge in [0.2, 0.25) is 5.88 Å². The lowest BCUT2D eigenvalue weighted by atomic mass is 10.2. The average Bonchev–Trinajstić information content (AvgIpc) is 2.98. The summed E-state index contributed by atoms with van der Waals surface area (Å²) >= 11 is 5.63. The van der Waals surface area contributed by atoms with Crippen molar-refractivity contribution in [3.63, 3.8) is 0 Å². The first kappa shape index (κ1) is 24.1. The predicted octanol–water partition coefficient (Wildman–Crippen LogP) is 6.88. The number of halogens is 4. The van der Waals surface area contributed by atoms with Gasteiger partial charge in [0.05, 0.1) is 22.0 Å². The Morgan fingerprint density at radius 2 is 1.65 bits per heavy atom. The van der Waals surface area contributed by atoms with Crippen molar-refractivity contribution in [2.75, 3.05) is 15.5 Å². The number of nitrogens with one attached hydrogen (secondary N) is 2.